The minimum atomic E-state index is 0.688. The number of rotatable bonds is 3. The molecule has 1 aromatic rings. The van der Waals surface area contributed by atoms with E-state index in [1.807, 2.05) is 6.20 Å². The number of hydrogen-bond donors (Lipinski definition) is 1. The predicted octanol–water partition coefficient (Wildman–Crippen LogP) is 1.89. The molecular formula is C11H19N3. The van der Waals surface area contributed by atoms with Crippen molar-refractivity contribution in [2.45, 2.75) is 44.6 Å². The van der Waals surface area contributed by atoms with Gasteiger partial charge >= 0.3 is 0 Å². The normalized spacial score (nSPS) is 18.6. The molecule has 1 aromatic heterocycles. The van der Waals surface area contributed by atoms with E-state index in [2.05, 4.69) is 15.7 Å². The second-order valence-electron chi connectivity index (χ2n) is 4.08. The van der Waals surface area contributed by atoms with Crippen LogP contribution in [0.3, 0.4) is 0 Å². The van der Waals surface area contributed by atoms with Crippen LogP contribution in [0.15, 0.2) is 12.4 Å². The van der Waals surface area contributed by atoms with Gasteiger partial charge < -0.3 is 10.3 Å². The van der Waals surface area contributed by atoms with Crippen molar-refractivity contribution < 1.29 is 0 Å². The first-order valence-electron chi connectivity index (χ1n) is 5.63. The van der Waals surface area contributed by atoms with Crippen LogP contribution < -0.4 is 5.73 Å². The fourth-order valence-electron chi connectivity index (χ4n) is 2.36. The standard InChI is InChI=1S/C11H19N3/c12-7-6-11-13-8-9-14(11)10-4-2-1-3-5-10/h8-10H,1-7,12H2. The number of hydrogen-bond acceptors (Lipinski definition) is 2. The Morgan fingerprint density at radius 1 is 1.36 bits per heavy atom. The molecule has 0 bridgehead atoms. The van der Waals surface area contributed by atoms with Crippen molar-refractivity contribution >= 4 is 0 Å². The zero-order valence-corrected chi connectivity index (χ0v) is 8.65. The molecule has 0 unspecified atom stereocenters. The van der Waals surface area contributed by atoms with Gasteiger partial charge in [-0.05, 0) is 19.4 Å². The lowest BCUT2D eigenvalue weighted by atomic mass is 9.95. The molecule has 3 heteroatoms. The Hall–Kier alpha value is -0.830. The molecule has 0 atom stereocenters. The van der Waals surface area contributed by atoms with E-state index in [4.69, 9.17) is 5.73 Å². The molecule has 2 N–H and O–H groups in total. The topological polar surface area (TPSA) is 43.8 Å². The van der Waals surface area contributed by atoms with Gasteiger partial charge in [-0.2, -0.15) is 0 Å². The van der Waals surface area contributed by atoms with Crippen molar-refractivity contribution in [2.24, 2.45) is 5.73 Å². The molecule has 14 heavy (non-hydrogen) atoms. The highest BCUT2D eigenvalue weighted by Gasteiger charge is 2.16. The van der Waals surface area contributed by atoms with Gasteiger partial charge in [0.2, 0.25) is 0 Å². The minimum Gasteiger partial charge on any atom is -0.332 e. The Morgan fingerprint density at radius 2 is 2.14 bits per heavy atom. The average Bonchev–Trinajstić information content (AvgIpc) is 2.68. The predicted molar refractivity (Wildman–Crippen MR) is 57.1 cm³/mol. The molecule has 0 aliphatic heterocycles. The molecule has 3 nitrogen and oxygen atoms in total. The fraction of sp³-hybridized carbons (Fsp3) is 0.727. The Bertz CT molecular complexity index is 274. The number of nitrogens with two attached hydrogens (primary N) is 1. The molecule has 0 radical (unpaired) electrons. The Morgan fingerprint density at radius 3 is 2.86 bits per heavy atom. The van der Waals surface area contributed by atoms with E-state index >= 15 is 0 Å². The summed E-state index contributed by atoms with van der Waals surface area (Å²) in [6, 6.07) is 0.688. The molecule has 0 saturated heterocycles. The number of nitrogens with zero attached hydrogens (tertiary/aromatic N) is 2. The van der Waals surface area contributed by atoms with E-state index in [1.165, 1.54) is 37.9 Å². The lowest BCUT2D eigenvalue weighted by Gasteiger charge is -2.24. The van der Waals surface area contributed by atoms with Crippen LogP contribution in [0, 0.1) is 0 Å². The van der Waals surface area contributed by atoms with E-state index in [0.717, 1.165) is 6.42 Å². The Balaban J connectivity index is 2.09. The second kappa shape index (κ2) is 4.60. The average molecular weight is 193 g/mol. The van der Waals surface area contributed by atoms with Gasteiger partial charge in [-0.3, -0.25) is 0 Å². The van der Waals surface area contributed by atoms with Crippen molar-refractivity contribution in [1.29, 1.82) is 0 Å². The highest BCUT2D eigenvalue weighted by molar-refractivity contribution is 4.96. The second-order valence-corrected chi connectivity index (χ2v) is 4.08. The van der Waals surface area contributed by atoms with E-state index < -0.39 is 0 Å². The summed E-state index contributed by atoms with van der Waals surface area (Å²) in [5, 5.41) is 0. The summed E-state index contributed by atoms with van der Waals surface area (Å²) in [6.45, 7) is 0.698. The van der Waals surface area contributed by atoms with Gasteiger partial charge in [0.25, 0.3) is 0 Å². The van der Waals surface area contributed by atoms with E-state index in [-0.39, 0.29) is 0 Å². The van der Waals surface area contributed by atoms with Crippen LogP contribution >= 0.6 is 0 Å². The monoisotopic (exact) mass is 193 g/mol. The van der Waals surface area contributed by atoms with Crippen molar-refractivity contribution in [2.75, 3.05) is 6.54 Å². The molecule has 2 rings (SSSR count). The van der Waals surface area contributed by atoms with Crippen molar-refractivity contribution in [3.05, 3.63) is 18.2 Å². The van der Waals surface area contributed by atoms with Gasteiger partial charge in [-0.1, -0.05) is 19.3 Å². The SMILES string of the molecule is NCCc1nccn1C1CCCCC1. The van der Waals surface area contributed by atoms with Crippen LogP contribution in [0.4, 0.5) is 0 Å². The molecule has 0 amide bonds. The van der Waals surface area contributed by atoms with Crippen LogP contribution in [0.2, 0.25) is 0 Å². The molecule has 1 heterocycles. The molecule has 78 valence electrons. The smallest absolute Gasteiger partial charge is 0.110 e. The summed E-state index contributed by atoms with van der Waals surface area (Å²) in [5.41, 5.74) is 5.56. The summed E-state index contributed by atoms with van der Waals surface area (Å²) in [6.07, 6.45) is 11.7. The maximum atomic E-state index is 5.56. The summed E-state index contributed by atoms with van der Waals surface area (Å²) in [7, 11) is 0. The zero-order valence-electron chi connectivity index (χ0n) is 8.65. The van der Waals surface area contributed by atoms with Crippen LogP contribution in [-0.2, 0) is 6.42 Å². The highest BCUT2D eigenvalue weighted by Crippen LogP contribution is 2.28. The molecule has 1 aliphatic rings. The number of aromatic nitrogens is 2. The van der Waals surface area contributed by atoms with Crippen molar-refractivity contribution in [3.63, 3.8) is 0 Å². The van der Waals surface area contributed by atoms with Gasteiger partial charge in [0.15, 0.2) is 0 Å². The lowest BCUT2D eigenvalue weighted by molar-refractivity contribution is 0.346. The first kappa shape index (κ1) is 9.71. The van der Waals surface area contributed by atoms with E-state index in [9.17, 15) is 0 Å². The fourth-order valence-corrected chi connectivity index (χ4v) is 2.36. The largest absolute Gasteiger partial charge is 0.332 e. The lowest BCUT2D eigenvalue weighted by Crippen LogP contribution is -2.17. The van der Waals surface area contributed by atoms with Gasteiger partial charge in [0.1, 0.15) is 5.82 Å². The molecule has 1 aliphatic carbocycles. The quantitative estimate of drug-likeness (QED) is 0.796. The molecule has 1 saturated carbocycles. The molecule has 0 spiro atoms. The maximum Gasteiger partial charge on any atom is 0.110 e. The molecular weight excluding hydrogens is 174 g/mol. The number of imidazole rings is 1. The summed E-state index contributed by atoms with van der Waals surface area (Å²) >= 11 is 0. The third-order valence-corrected chi connectivity index (χ3v) is 3.08. The Labute approximate surface area is 85.3 Å². The maximum absolute atomic E-state index is 5.56. The summed E-state index contributed by atoms with van der Waals surface area (Å²) in [4.78, 5) is 4.36. The Kier molecular flexibility index (Phi) is 3.19. The summed E-state index contributed by atoms with van der Waals surface area (Å²) < 4.78 is 2.34. The van der Waals surface area contributed by atoms with Crippen molar-refractivity contribution in [1.82, 2.24) is 9.55 Å². The third-order valence-electron chi connectivity index (χ3n) is 3.08. The van der Waals surface area contributed by atoms with Crippen LogP contribution in [0.5, 0.6) is 0 Å². The van der Waals surface area contributed by atoms with Gasteiger partial charge in [-0.15, -0.1) is 0 Å². The minimum absolute atomic E-state index is 0.688. The van der Waals surface area contributed by atoms with Gasteiger partial charge in [-0.25, -0.2) is 4.98 Å². The van der Waals surface area contributed by atoms with Crippen LogP contribution in [0.1, 0.15) is 44.0 Å². The highest BCUT2D eigenvalue weighted by atomic mass is 15.1. The van der Waals surface area contributed by atoms with Gasteiger partial charge in [0, 0.05) is 24.9 Å². The zero-order chi connectivity index (χ0) is 9.80. The van der Waals surface area contributed by atoms with Gasteiger partial charge in [0.05, 0.1) is 0 Å². The van der Waals surface area contributed by atoms with Crippen LogP contribution in [-0.4, -0.2) is 16.1 Å². The van der Waals surface area contributed by atoms with Crippen molar-refractivity contribution in [3.8, 4) is 0 Å². The summed E-state index contributed by atoms with van der Waals surface area (Å²) in [5.74, 6) is 1.17. The molecule has 1 fully saturated rings. The third kappa shape index (κ3) is 1.98. The first-order valence-corrected chi connectivity index (χ1v) is 5.63. The first-order chi connectivity index (χ1) is 6.92. The molecule has 0 aromatic carbocycles. The van der Waals surface area contributed by atoms with E-state index in [1.54, 1.807) is 0 Å². The van der Waals surface area contributed by atoms with E-state index in [0.29, 0.717) is 12.6 Å². The van der Waals surface area contributed by atoms with Crippen LogP contribution in [0.25, 0.3) is 0 Å².